The van der Waals surface area contributed by atoms with Crippen molar-refractivity contribution in [2.45, 2.75) is 51.9 Å². The van der Waals surface area contributed by atoms with Crippen LogP contribution >= 0.6 is 0 Å². The molecule has 1 saturated heterocycles. The number of rotatable bonds is 5. The molecule has 0 aromatic heterocycles. The lowest BCUT2D eigenvalue weighted by molar-refractivity contribution is -0.136. The molecule has 1 heterocycles. The standard InChI is InChI=1S/C22H32N2O3/c1-2-17-27-20-11-9-19(10-12-20)22(26)24-14-6-13-23(15-16-24)21(25)18-7-4-3-5-8-18/h9-12,18H,2-8,13-17H2,1H3. The number of carbonyl (C=O) groups is 2. The van der Waals surface area contributed by atoms with Crippen LogP contribution in [0, 0.1) is 5.92 Å². The fourth-order valence-corrected chi connectivity index (χ4v) is 4.04. The average molecular weight is 373 g/mol. The summed E-state index contributed by atoms with van der Waals surface area (Å²) in [5.41, 5.74) is 0.686. The van der Waals surface area contributed by atoms with Gasteiger partial charge in [0, 0.05) is 37.7 Å². The number of hydrogen-bond acceptors (Lipinski definition) is 3. The topological polar surface area (TPSA) is 49.9 Å². The number of benzene rings is 1. The molecule has 0 bridgehead atoms. The fraction of sp³-hybridized carbons (Fsp3) is 0.636. The molecule has 2 amide bonds. The van der Waals surface area contributed by atoms with E-state index in [0.717, 1.165) is 38.0 Å². The molecule has 2 fully saturated rings. The first kappa shape index (κ1) is 19.7. The minimum atomic E-state index is 0.0454. The van der Waals surface area contributed by atoms with Crippen LogP contribution in [0.1, 0.15) is 62.2 Å². The van der Waals surface area contributed by atoms with E-state index in [0.29, 0.717) is 37.7 Å². The lowest BCUT2D eigenvalue weighted by Crippen LogP contribution is -2.40. The first-order valence-corrected chi connectivity index (χ1v) is 10.5. The van der Waals surface area contributed by atoms with Crippen LogP contribution in [0.3, 0.4) is 0 Å². The summed E-state index contributed by atoms with van der Waals surface area (Å²) in [6.07, 6.45) is 7.48. The summed E-state index contributed by atoms with van der Waals surface area (Å²) in [5, 5.41) is 0. The van der Waals surface area contributed by atoms with Gasteiger partial charge in [-0.3, -0.25) is 9.59 Å². The monoisotopic (exact) mass is 372 g/mol. The number of hydrogen-bond donors (Lipinski definition) is 0. The van der Waals surface area contributed by atoms with E-state index < -0.39 is 0 Å². The molecule has 1 aliphatic heterocycles. The highest BCUT2D eigenvalue weighted by molar-refractivity contribution is 5.94. The van der Waals surface area contributed by atoms with Crippen molar-refractivity contribution >= 4 is 11.8 Å². The van der Waals surface area contributed by atoms with Gasteiger partial charge in [0.15, 0.2) is 0 Å². The molecule has 5 heteroatoms. The van der Waals surface area contributed by atoms with Crippen molar-refractivity contribution in [3.63, 3.8) is 0 Å². The number of carbonyl (C=O) groups excluding carboxylic acids is 2. The minimum Gasteiger partial charge on any atom is -0.494 e. The van der Waals surface area contributed by atoms with Crippen LogP contribution in [0.2, 0.25) is 0 Å². The normalized spacial score (nSPS) is 18.9. The molecular formula is C22H32N2O3. The molecule has 0 N–H and O–H groups in total. The second kappa shape index (κ2) is 9.77. The molecule has 148 valence electrons. The zero-order chi connectivity index (χ0) is 19.1. The Kier molecular flexibility index (Phi) is 7.13. The number of ether oxygens (including phenoxy) is 1. The molecule has 1 aliphatic carbocycles. The Balaban J connectivity index is 1.55. The zero-order valence-corrected chi connectivity index (χ0v) is 16.5. The smallest absolute Gasteiger partial charge is 0.253 e. The molecule has 2 aliphatic rings. The molecule has 1 aromatic carbocycles. The SMILES string of the molecule is CCCOc1ccc(C(=O)N2CCCN(C(=O)C3CCCCC3)CC2)cc1. The highest BCUT2D eigenvalue weighted by atomic mass is 16.5. The van der Waals surface area contributed by atoms with E-state index in [1.165, 1.54) is 19.3 Å². The first-order valence-electron chi connectivity index (χ1n) is 10.5. The Morgan fingerprint density at radius 1 is 0.926 bits per heavy atom. The molecule has 5 nitrogen and oxygen atoms in total. The predicted molar refractivity (Wildman–Crippen MR) is 106 cm³/mol. The van der Waals surface area contributed by atoms with Crippen molar-refractivity contribution in [1.29, 1.82) is 0 Å². The molecule has 27 heavy (non-hydrogen) atoms. The van der Waals surface area contributed by atoms with E-state index in [9.17, 15) is 9.59 Å². The van der Waals surface area contributed by atoms with Crippen molar-refractivity contribution in [2.75, 3.05) is 32.8 Å². The van der Waals surface area contributed by atoms with Crippen molar-refractivity contribution in [2.24, 2.45) is 5.92 Å². The Morgan fingerprint density at radius 2 is 1.59 bits per heavy atom. The largest absolute Gasteiger partial charge is 0.494 e. The molecule has 3 rings (SSSR count). The number of nitrogens with zero attached hydrogens (tertiary/aromatic N) is 2. The molecule has 0 unspecified atom stereocenters. The summed E-state index contributed by atoms with van der Waals surface area (Å²) < 4.78 is 5.58. The first-order chi connectivity index (χ1) is 13.2. The molecular weight excluding hydrogens is 340 g/mol. The van der Waals surface area contributed by atoms with Crippen LogP contribution in [0.15, 0.2) is 24.3 Å². The summed E-state index contributed by atoms with van der Waals surface area (Å²) in [6.45, 7) is 5.50. The summed E-state index contributed by atoms with van der Waals surface area (Å²) >= 11 is 0. The van der Waals surface area contributed by atoms with Crippen LogP contribution in [-0.4, -0.2) is 54.4 Å². The van der Waals surface area contributed by atoms with E-state index in [1.54, 1.807) is 0 Å². The predicted octanol–water partition coefficient (Wildman–Crippen LogP) is 3.73. The molecule has 0 spiro atoms. The minimum absolute atomic E-state index is 0.0454. The van der Waals surface area contributed by atoms with Crippen LogP contribution in [-0.2, 0) is 4.79 Å². The maximum absolute atomic E-state index is 12.8. The van der Waals surface area contributed by atoms with Crippen LogP contribution < -0.4 is 4.74 Å². The van der Waals surface area contributed by atoms with Gasteiger partial charge in [0.1, 0.15) is 5.75 Å². The van der Waals surface area contributed by atoms with Gasteiger partial charge >= 0.3 is 0 Å². The Morgan fingerprint density at radius 3 is 2.30 bits per heavy atom. The van der Waals surface area contributed by atoms with E-state index >= 15 is 0 Å². The van der Waals surface area contributed by atoms with Gasteiger partial charge in [0.05, 0.1) is 6.61 Å². The van der Waals surface area contributed by atoms with Gasteiger partial charge in [-0.05, 0) is 49.9 Å². The zero-order valence-electron chi connectivity index (χ0n) is 16.5. The molecule has 0 radical (unpaired) electrons. The maximum Gasteiger partial charge on any atom is 0.253 e. The molecule has 1 saturated carbocycles. The van der Waals surface area contributed by atoms with Gasteiger partial charge in [0.25, 0.3) is 5.91 Å². The fourth-order valence-electron chi connectivity index (χ4n) is 4.04. The number of amides is 2. The van der Waals surface area contributed by atoms with Gasteiger partial charge < -0.3 is 14.5 Å². The van der Waals surface area contributed by atoms with Gasteiger partial charge in [-0.1, -0.05) is 26.2 Å². The highest BCUT2D eigenvalue weighted by Gasteiger charge is 2.28. The summed E-state index contributed by atoms with van der Waals surface area (Å²) in [6, 6.07) is 7.39. The van der Waals surface area contributed by atoms with E-state index in [-0.39, 0.29) is 11.8 Å². The third-order valence-corrected chi connectivity index (χ3v) is 5.62. The summed E-state index contributed by atoms with van der Waals surface area (Å²) in [4.78, 5) is 29.5. The Labute approximate surface area is 162 Å². The Bertz CT molecular complexity index is 623. The van der Waals surface area contributed by atoms with E-state index in [1.807, 2.05) is 34.1 Å². The summed E-state index contributed by atoms with van der Waals surface area (Å²) in [5.74, 6) is 1.36. The van der Waals surface area contributed by atoms with Crippen molar-refractivity contribution < 1.29 is 14.3 Å². The second-order valence-corrected chi connectivity index (χ2v) is 7.68. The van der Waals surface area contributed by atoms with Crippen molar-refractivity contribution in [3.05, 3.63) is 29.8 Å². The van der Waals surface area contributed by atoms with Crippen molar-refractivity contribution in [3.8, 4) is 5.75 Å². The summed E-state index contributed by atoms with van der Waals surface area (Å²) in [7, 11) is 0. The van der Waals surface area contributed by atoms with E-state index in [2.05, 4.69) is 6.92 Å². The Hall–Kier alpha value is -2.04. The lowest BCUT2D eigenvalue weighted by Gasteiger charge is -2.28. The quantitative estimate of drug-likeness (QED) is 0.791. The third-order valence-electron chi connectivity index (χ3n) is 5.62. The van der Waals surface area contributed by atoms with Gasteiger partial charge in [-0.2, -0.15) is 0 Å². The lowest BCUT2D eigenvalue weighted by atomic mass is 9.88. The van der Waals surface area contributed by atoms with E-state index in [4.69, 9.17) is 4.74 Å². The molecule has 0 atom stereocenters. The van der Waals surface area contributed by atoms with Gasteiger partial charge in [-0.25, -0.2) is 0 Å². The maximum atomic E-state index is 12.8. The van der Waals surface area contributed by atoms with Crippen LogP contribution in [0.4, 0.5) is 0 Å². The van der Waals surface area contributed by atoms with Crippen molar-refractivity contribution in [1.82, 2.24) is 9.80 Å². The van der Waals surface area contributed by atoms with Crippen LogP contribution in [0.25, 0.3) is 0 Å². The second-order valence-electron chi connectivity index (χ2n) is 7.68. The van der Waals surface area contributed by atoms with Gasteiger partial charge in [-0.15, -0.1) is 0 Å². The van der Waals surface area contributed by atoms with Crippen LogP contribution in [0.5, 0.6) is 5.75 Å². The molecule has 1 aromatic rings. The third kappa shape index (κ3) is 5.24. The van der Waals surface area contributed by atoms with Gasteiger partial charge in [0.2, 0.25) is 5.91 Å². The highest BCUT2D eigenvalue weighted by Crippen LogP contribution is 2.26. The average Bonchev–Trinajstić information content (AvgIpc) is 2.98.